The highest BCUT2D eigenvalue weighted by Crippen LogP contribution is 2.07. The van der Waals surface area contributed by atoms with E-state index in [0.29, 0.717) is 0 Å². The van der Waals surface area contributed by atoms with Gasteiger partial charge in [-0.1, -0.05) is 5.16 Å². The lowest BCUT2D eigenvalue weighted by molar-refractivity contribution is -0.118. The molecule has 1 rings (SSSR count). The summed E-state index contributed by atoms with van der Waals surface area (Å²) < 4.78 is 4.64. The number of hydrogen-bond acceptors (Lipinski definition) is 3. The Morgan fingerprint density at radius 2 is 2.50 bits per heavy atom. The topological polar surface area (TPSA) is 57.2 Å². The van der Waals surface area contributed by atoms with Gasteiger partial charge in [0.25, 0.3) is 5.88 Å². The van der Waals surface area contributed by atoms with Crippen molar-refractivity contribution in [2.45, 2.75) is 13.8 Å². The number of amides is 1. The maximum absolute atomic E-state index is 10.4. The van der Waals surface area contributed by atoms with Gasteiger partial charge in [-0.3, -0.25) is 4.79 Å². The fourth-order valence-electron chi connectivity index (χ4n) is 0.558. The summed E-state index contributed by atoms with van der Waals surface area (Å²) in [4.78, 5) is 10.4. The van der Waals surface area contributed by atoms with Crippen LogP contribution in [0.5, 0.6) is 0 Å². The molecule has 0 aromatic carbocycles. The van der Waals surface area contributed by atoms with Crippen molar-refractivity contribution >= 4 is 11.8 Å². The molecule has 1 heterocycles. The summed E-state index contributed by atoms with van der Waals surface area (Å²) in [7, 11) is 0. The third-order valence-corrected chi connectivity index (χ3v) is 0.883. The smallest absolute Gasteiger partial charge is 0.253 e. The summed E-state index contributed by atoms with van der Waals surface area (Å²) in [5.74, 6) is -0.0128. The van der Waals surface area contributed by atoms with Crippen LogP contribution in [0.25, 0.3) is 0 Å². The molecule has 0 saturated heterocycles. The minimum Gasteiger partial charge on any atom is -0.336 e. The first kappa shape index (κ1) is 6.80. The zero-order chi connectivity index (χ0) is 7.56. The molecule has 0 bridgehead atoms. The molecular formula is C6H7N2O2. The first-order valence-corrected chi connectivity index (χ1v) is 2.84. The first-order valence-electron chi connectivity index (χ1n) is 2.84. The Morgan fingerprint density at radius 3 is 2.90 bits per heavy atom. The highest BCUT2D eigenvalue weighted by atomic mass is 16.5. The van der Waals surface area contributed by atoms with Crippen molar-refractivity contribution in [1.82, 2.24) is 10.5 Å². The van der Waals surface area contributed by atoms with Crippen molar-refractivity contribution in [2.24, 2.45) is 0 Å². The number of nitrogens with zero attached hydrogens (tertiary/aromatic N) is 2. The Morgan fingerprint density at radius 1 is 1.80 bits per heavy atom. The van der Waals surface area contributed by atoms with E-state index < -0.39 is 0 Å². The molecule has 1 aromatic rings. The molecule has 4 nitrogen and oxygen atoms in total. The van der Waals surface area contributed by atoms with Gasteiger partial charge < -0.3 is 4.52 Å². The van der Waals surface area contributed by atoms with Gasteiger partial charge in [0.1, 0.15) is 0 Å². The Labute approximate surface area is 58.2 Å². The van der Waals surface area contributed by atoms with Crippen molar-refractivity contribution in [3.05, 3.63) is 11.8 Å². The van der Waals surface area contributed by atoms with E-state index in [4.69, 9.17) is 0 Å². The van der Waals surface area contributed by atoms with Crippen LogP contribution >= 0.6 is 0 Å². The molecule has 0 spiro atoms. The van der Waals surface area contributed by atoms with E-state index in [9.17, 15) is 4.79 Å². The van der Waals surface area contributed by atoms with Crippen LogP contribution in [0.3, 0.4) is 0 Å². The summed E-state index contributed by atoms with van der Waals surface area (Å²) in [6.45, 7) is 3.13. The Balaban J connectivity index is 2.67. The Bertz CT molecular complexity index is 242. The van der Waals surface area contributed by atoms with Gasteiger partial charge in [-0.15, -0.1) is 0 Å². The van der Waals surface area contributed by atoms with Crippen LogP contribution in [-0.4, -0.2) is 11.1 Å². The number of carbonyl (C=O) groups excluding carboxylic acids is 1. The van der Waals surface area contributed by atoms with Gasteiger partial charge in [0.15, 0.2) is 0 Å². The van der Waals surface area contributed by atoms with E-state index in [1.165, 1.54) is 6.92 Å². The quantitative estimate of drug-likeness (QED) is 0.577. The number of rotatable bonds is 1. The molecule has 0 unspecified atom stereocenters. The summed E-state index contributed by atoms with van der Waals surface area (Å²) in [6.07, 6.45) is 0. The van der Waals surface area contributed by atoms with Gasteiger partial charge in [0.05, 0.1) is 5.69 Å². The Hall–Kier alpha value is -1.32. The molecule has 0 saturated carbocycles. The molecule has 53 valence electrons. The number of aromatic nitrogens is 1. The van der Waals surface area contributed by atoms with Gasteiger partial charge in [0, 0.05) is 13.0 Å². The lowest BCUT2D eigenvalue weighted by Crippen LogP contribution is -2.02. The SMILES string of the molecule is CC(=O)[N]c1cc(C)no1. The van der Waals surface area contributed by atoms with E-state index in [1.807, 2.05) is 0 Å². The van der Waals surface area contributed by atoms with Gasteiger partial charge in [-0.25, -0.2) is 0 Å². The predicted molar refractivity (Wildman–Crippen MR) is 33.7 cm³/mol. The average molecular weight is 139 g/mol. The highest BCUT2D eigenvalue weighted by Gasteiger charge is 2.02. The first-order chi connectivity index (χ1) is 4.68. The van der Waals surface area contributed by atoms with Crippen LogP contribution in [-0.2, 0) is 4.79 Å². The van der Waals surface area contributed by atoms with E-state index in [2.05, 4.69) is 15.0 Å². The maximum Gasteiger partial charge on any atom is 0.253 e. The Kier molecular flexibility index (Phi) is 1.71. The maximum atomic E-state index is 10.4. The number of hydrogen-bond donors (Lipinski definition) is 0. The normalized spacial score (nSPS) is 9.40. The zero-order valence-corrected chi connectivity index (χ0v) is 5.79. The lowest BCUT2D eigenvalue weighted by atomic mass is 10.5. The molecule has 1 radical (unpaired) electrons. The van der Waals surface area contributed by atoms with Gasteiger partial charge >= 0.3 is 0 Å². The molecule has 0 aliphatic rings. The molecule has 0 atom stereocenters. The van der Waals surface area contributed by atoms with Crippen LogP contribution in [0, 0.1) is 6.92 Å². The predicted octanol–water partition coefficient (Wildman–Crippen LogP) is 0.765. The van der Waals surface area contributed by atoms with E-state index in [0.717, 1.165) is 5.69 Å². The summed E-state index contributed by atoms with van der Waals surface area (Å²) in [5, 5.41) is 7.06. The van der Waals surface area contributed by atoms with Crippen LogP contribution < -0.4 is 5.32 Å². The van der Waals surface area contributed by atoms with E-state index >= 15 is 0 Å². The summed E-state index contributed by atoms with van der Waals surface area (Å²) >= 11 is 0. The van der Waals surface area contributed by atoms with Crippen LogP contribution in [0.4, 0.5) is 5.88 Å². The second kappa shape index (κ2) is 2.51. The molecule has 4 heteroatoms. The molecule has 0 aliphatic heterocycles. The van der Waals surface area contributed by atoms with Gasteiger partial charge in [-0.2, -0.15) is 5.32 Å². The standard InChI is InChI=1S/C6H7N2O2/c1-4-3-6(10-8-4)7-5(2)9/h3H,1-2H3. The monoisotopic (exact) mass is 139 g/mol. The van der Waals surface area contributed by atoms with Crippen molar-refractivity contribution < 1.29 is 9.32 Å². The number of aryl methyl sites for hydroxylation is 1. The second-order valence-electron chi connectivity index (χ2n) is 1.94. The van der Waals surface area contributed by atoms with Crippen molar-refractivity contribution in [1.29, 1.82) is 0 Å². The number of carbonyl (C=O) groups is 1. The summed E-state index contributed by atoms with van der Waals surface area (Å²) in [6, 6.07) is 1.60. The van der Waals surface area contributed by atoms with Crippen LogP contribution in [0.15, 0.2) is 10.6 Å². The molecule has 1 aromatic heterocycles. The highest BCUT2D eigenvalue weighted by molar-refractivity contribution is 5.76. The second-order valence-corrected chi connectivity index (χ2v) is 1.94. The average Bonchev–Trinajstić information content (AvgIpc) is 2.13. The fraction of sp³-hybridized carbons (Fsp3) is 0.333. The van der Waals surface area contributed by atoms with Crippen molar-refractivity contribution in [3.8, 4) is 0 Å². The minimum atomic E-state index is -0.281. The fourth-order valence-corrected chi connectivity index (χ4v) is 0.558. The minimum absolute atomic E-state index is 0.269. The van der Waals surface area contributed by atoms with E-state index in [1.54, 1.807) is 13.0 Å². The van der Waals surface area contributed by atoms with Crippen LogP contribution in [0.1, 0.15) is 12.6 Å². The summed E-state index contributed by atoms with van der Waals surface area (Å²) in [5.41, 5.74) is 0.722. The molecule has 0 N–H and O–H groups in total. The molecular weight excluding hydrogens is 132 g/mol. The lowest BCUT2D eigenvalue weighted by Gasteiger charge is -1.85. The van der Waals surface area contributed by atoms with Gasteiger partial charge in [-0.05, 0) is 6.92 Å². The van der Waals surface area contributed by atoms with Crippen LogP contribution in [0.2, 0.25) is 0 Å². The zero-order valence-electron chi connectivity index (χ0n) is 5.79. The van der Waals surface area contributed by atoms with Gasteiger partial charge in [0.2, 0.25) is 5.91 Å². The molecule has 10 heavy (non-hydrogen) atoms. The molecule has 1 amide bonds. The molecule has 0 aliphatic carbocycles. The third kappa shape index (κ3) is 1.58. The van der Waals surface area contributed by atoms with E-state index in [-0.39, 0.29) is 11.8 Å². The van der Waals surface area contributed by atoms with Crippen molar-refractivity contribution in [3.63, 3.8) is 0 Å². The third-order valence-electron chi connectivity index (χ3n) is 0.883. The largest absolute Gasteiger partial charge is 0.336 e. The molecule has 0 fully saturated rings. The van der Waals surface area contributed by atoms with Crippen molar-refractivity contribution in [2.75, 3.05) is 0 Å².